The monoisotopic (exact) mass is 261 g/mol. The van der Waals surface area contributed by atoms with Crippen molar-refractivity contribution in [1.29, 1.82) is 0 Å². The van der Waals surface area contributed by atoms with E-state index in [-0.39, 0.29) is 6.07 Å². The van der Waals surface area contributed by atoms with Crippen LogP contribution < -0.4 is 4.74 Å². The molecule has 1 rings (SSSR count). The molecule has 0 radical (unpaired) electrons. The fourth-order valence-electron chi connectivity index (χ4n) is 1.03. The van der Waals surface area contributed by atoms with Crippen LogP contribution in [-0.4, -0.2) is 12.1 Å². The number of nitrogens with zero attached hydrogens (tertiary/aromatic N) is 1. The molecule has 8 heteroatoms. The van der Waals surface area contributed by atoms with Gasteiger partial charge in [0.25, 0.3) is 6.43 Å². The summed E-state index contributed by atoms with van der Waals surface area (Å²) in [6.07, 6.45) is -7.96. The molecule has 1 aromatic heterocycles. The molecule has 1 aromatic rings. The number of hydrogen-bond donors (Lipinski definition) is 0. The van der Waals surface area contributed by atoms with Crippen molar-refractivity contribution in [1.82, 2.24) is 4.98 Å². The van der Waals surface area contributed by atoms with E-state index in [1.54, 1.807) is 0 Å². The number of rotatable bonds is 2. The first-order valence-electron chi connectivity index (χ1n) is 3.87. The van der Waals surface area contributed by atoms with Gasteiger partial charge in [-0.3, -0.25) is 0 Å². The van der Waals surface area contributed by atoms with Gasteiger partial charge in [0.05, 0.1) is 12.7 Å². The number of pyridine rings is 1. The minimum atomic E-state index is -4.83. The van der Waals surface area contributed by atoms with Crippen LogP contribution in [0.15, 0.2) is 6.07 Å². The summed E-state index contributed by atoms with van der Waals surface area (Å²) in [4.78, 5) is 2.94. The van der Waals surface area contributed by atoms with Gasteiger partial charge < -0.3 is 4.74 Å². The Morgan fingerprint density at radius 3 is 2.31 bits per heavy atom. The third kappa shape index (κ3) is 2.52. The summed E-state index contributed by atoms with van der Waals surface area (Å²) in [6.45, 7) is 0. The molecule has 0 aromatic carbocycles. The Morgan fingerprint density at radius 1 is 1.38 bits per heavy atom. The number of alkyl halides is 5. The Hall–Kier alpha value is -1.11. The van der Waals surface area contributed by atoms with Gasteiger partial charge in [-0.15, -0.1) is 0 Å². The first kappa shape index (κ1) is 13.0. The van der Waals surface area contributed by atoms with Crippen LogP contribution >= 0.6 is 11.6 Å². The summed E-state index contributed by atoms with van der Waals surface area (Å²) in [5.41, 5.74) is -2.41. The van der Waals surface area contributed by atoms with Gasteiger partial charge in [-0.25, -0.2) is 13.8 Å². The highest BCUT2D eigenvalue weighted by Crippen LogP contribution is 2.38. The first-order chi connectivity index (χ1) is 7.27. The lowest BCUT2D eigenvalue weighted by Gasteiger charge is -2.12. The second-order valence-corrected chi connectivity index (χ2v) is 3.08. The van der Waals surface area contributed by atoms with E-state index in [4.69, 9.17) is 11.6 Å². The molecule has 2 nitrogen and oxygen atoms in total. The molecule has 0 N–H and O–H groups in total. The van der Waals surface area contributed by atoms with Crippen LogP contribution in [0.25, 0.3) is 0 Å². The molecule has 0 atom stereocenters. The molecule has 0 fully saturated rings. The number of ether oxygens (including phenoxy) is 1. The maximum absolute atomic E-state index is 12.4. The zero-order chi connectivity index (χ0) is 12.5. The Kier molecular flexibility index (Phi) is 3.57. The summed E-state index contributed by atoms with van der Waals surface area (Å²) in [5, 5.41) is -0.743. The van der Waals surface area contributed by atoms with Gasteiger partial charge in [-0.05, 0) is 6.07 Å². The maximum Gasteiger partial charge on any atom is 0.433 e. The lowest BCUT2D eigenvalue weighted by molar-refractivity contribution is -0.141. The molecule has 0 aliphatic heterocycles. The van der Waals surface area contributed by atoms with Gasteiger partial charge >= 0.3 is 6.18 Å². The van der Waals surface area contributed by atoms with Gasteiger partial charge in [0.15, 0.2) is 10.9 Å². The van der Waals surface area contributed by atoms with Crippen molar-refractivity contribution < 1.29 is 26.7 Å². The van der Waals surface area contributed by atoms with Gasteiger partial charge in [-0.1, -0.05) is 11.6 Å². The van der Waals surface area contributed by atoms with E-state index in [0.717, 1.165) is 7.11 Å². The van der Waals surface area contributed by atoms with E-state index >= 15 is 0 Å². The van der Waals surface area contributed by atoms with E-state index in [2.05, 4.69) is 9.72 Å². The third-order valence-corrected chi connectivity index (χ3v) is 1.95. The fourth-order valence-corrected chi connectivity index (χ4v) is 1.31. The summed E-state index contributed by atoms with van der Waals surface area (Å²) in [5.74, 6) is -0.551. The minimum Gasteiger partial charge on any atom is -0.493 e. The Labute approximate surface area is 92.0 Å². The van der Waals surface area contributed by atoms with Crippen molar-refractivity contribution in [3.8, 4) is 5.75 Å². The van der Waals surface area contributed by atoms with Crippen LogP contribution in [0.1, 0.15) is 17.7 Å². The summed E-state index contributed by atoms with van der Waals surface area (Å²) in [7, 11) is 1.02. The number of methoxy groups -OCH3 is 1. The zero-order valence-electron chi connectivity index (χ0n) is 7.78. The van der Waals surface area contributed by atoms with Crippen molar-refractivity contribution >= 4 is 11.6 Å². The molecule has 0 saturated carbocycles. The third-order valence-electron chi connectivity index (χ3n) is 1.69. The molecular formula is C8H5ClF5NO. The molecule has 0 aliphatic carbocycles. The van der Waals surface area contributed by atoms with Crippen LogP contribution in [0.4, 0.5) is 22.0 Å². The largest absolute Gasteiger partial charge is 0.493 e. The highest BCUT2D eigenvalue weighted by atomic mass is 35.5. The summed E-state index contributed by atoms with van der Waals surface area (Å²) >= 11 is 5.32. The van der Waals surface area contributed by atoms with Gasteiger partial charge in [-0.2, -0.15) is 13.2 Å². The smallest absolute Gasteiger partial charge is 0.433 e. The standard InChI is InChI=1S/C8H5ClF5NO/c1-16-5-3(7(10)11)2-4(8(12,13)14)15-6(5)9/h2,7H,1H3. The van der Waals surface area contributed by atoms with Crippen molar-refractivity contribution in [2.75, 3.05) is 7.11 Å². The molecule has 0 unspecified atom stereocenters. The van der Waals surface area contributed by atoms with Crippen molar-refractivity contribution in [2.45, 2.75) is 12.6 Å². The minimum absolute atomic E-state index is 0.218. The van der Waals surface area contributed by atoms with E-state index in [9.17, 15) is 22.0 Å². The lowest BCUT2D eigenvalue weighted by Crippen LogP contribution is -2.10. The molecule has 16 heavy (non-hydrogen) atoms. The van der Waals surface area contributed by atoms with Gasteiger partial charge in [0.2, 0.25) is 0 Å². The van der Waals surface area contributed by atoms with Gasteiger partial charge in [0.1, 0.15) is 5.69 Å². The molecule has 0 spiro atoms. The molecule has 1 heterocycles. The predicted molar refractivity (Wildman–Crippen MR) is 45.8 cm³/mol. The highest BCUT2D eigenvalue weighted by molar-refractivity contribution is 6.31. The topological polar surface area (TPSA) is 22.1 Å². The van der Waals surface area contributed by atoms with Crippen LogP contribution in [0.2, 0.25) is 5.15 Å². The van der Waals surface area contributed by atoms with E-state index in [1.165, 1.54) is 0 Å². The lowest BCUT2D eigenvalue weighted by atomic mass is 10.2. The fraction of sp³-hybridized carbons (Fsp3) is 0.375. The average Bonchev–Trinajstić information content (AvgIpc) is 2.14. The first-order valence-corrected chi connectivity index (χ1v) is 4.25. The average molecular weight is 262 g/mol. The molecule has 0 aliphatic rings. The number of aromatic nitrogens is 1. The number of halogens is 6. The molecule has 0 amide bonds. The second-order valence-electron chi connectivity index (χ2n) is 2.72. The van der Waals surface area contributed by atoms with Crippen molar-refractivity contribution in [3.63, 3.8) is 0 Å². The Balaban J connectivity index is 3.40. The molecule has 0 saturated heterocycles. The Morgan fingerprint density at radius 2 is 1.94 bits per heavy atom. The number of hydrogen-bond acceptors (Lipinski definition) is 2. The summed E-state index contributed by atoms with van der Waals surface area (Å²) in [6, 6.07) is 0.218. The zero-order valence-corrected chi connectivity index (χ0v) is 8.53. The van der Waals surface area contributed by atoms with Crippen LogP contribution in [0.3, 0.4) is 0 Å². The van der Waals surface area contributed by atoms with Crippen LogP contribution in [-0.2, 0) is 6.18 Å². The summed E-state index contributed by atoms with van der Waals surface area (Å²) < 4.78 is 66.0. The van der Waals surface area contributed by atoms with Gasteiger partial charge in [0, 0.05) is 0 Å². The SMILES string of the molecule is COc1c(C(F)F)cc(C(F)(F)F)nc1Cl. The predicted octanol–water partition coefficient (Wildman–Crippen LogP) is 3.70. The van der Waals surface area contributed by atoms with Crippen LogP contribution in [0, 0.1) is 0 Å². The van der Waals surface area contributed by atoms with Crippen molar-refractivity contribution in [2.24, 2.45) is 0 Å². The quantitative estimate of drug-likeness (QED) is 0.598. The molecule has 90 valence electrons. The van der Waals surface area contributed by atoms with Crippen LogP contribution in [0.5, 0.6) is 5.75 Å². The molecular weight excluding hydrogens is 257 g/mol. The normalized spacial score (nSPS) is 12.0. The van der Waals surface area contributed by atoms with E-state index < -0.39 is 34.8 Å². The van der Waals surface area contributed by atoms with Crippen molar-refractivity contribution in [3.05, 3.63) is 22.5 Å². The maximum atomic E-state index is 12.4. The van der Waals surface area contributed by atoms with E-state index in [0.29, 0.717) is 0 Å². The van der Waals surface area contributed by atoms with E-state index in [1.807, 2.05) is 0 Å². The Bertz CT molecular complexity index is 393. The highest BCUT2D eigenvalue weighted by Gasteiger charge is 2.35. The second kappa shape index (κ2) is 4.40. The molecule has 0 bridgehead atoms.